The maximum atomic E-state index is 5.81. The van der Waals surface area contributed by atoms with Gasteiger partial charge in [-0.3, -0.25) is 4.99 Å². The average molecular weight is 480 g/mol. The molecule has 1 aliphatic heterocycles. The molecule has 1 fully saturated rings. The van der Waals surface area contributed by atoms with Gasteiger partial charge in [-0.1, -0.05) is 37.3 Å². The largest absolute Gasteiger partial charge is 0.473 e. The molecule has 1 saturated heterocycles. The number of aliphatic imine (C=N–C) groups is 1. The molecule has 0 saturated carbocycles. The van der Waals surface area contributed by atoms with Crippen LogP contribution in [0.5, 0.6) is 5.88 Å². The molecule has 2 heterocycles. The molecule has 6 heteroatoms. The zero-order valence-electron chi connectivity index (χ0n) is 16.1. The number of hydrogen-bond acceptors (Lipinski definition) is 3. The summed E-state index contributed by atoms with van der Waals surface area (Å²) in [5.74, 6) is 2.43. The van der Waals surface area contributed by atoms with Crippen molar-refractivity contribution in [1.82, 2.24) is 15.2 Å². The van der Waals surface area contributed by atoms with E-state index in [-0.39, 0.29) is 24.0 Å². The molecule has 0 spiro atoms. The first-order chi connectivity index (χ1) is 12.7. The van der Waals surface area contributed by atoms with E-state index in [1.807, 2.05) is 37.4 Å². The van der Waals surface area contributed by atoms with E-state index in [0.29, 0.717) is 19.0 Å². The van der Waals surface area contributed by atoms with Crippen molar-refractivity contribution in [3.63, 3.8) is 0 Å². The van der Waals surface area contributed by atoms with Crippen LogP contribution in [-0.4, -0.2) is 36.0 Å². The lowest BCUT2D eigenvalue weighted by Crippen LogP contribution is -2.45. The Labute approximate surface area is 179 Å². The molecule has 1 aromatic carbocycles. The summed E-state index contributed by atoms with van der Waals surface area (Å²) in [6.07, 6.45) is 4.25. The lowest BCUT2D eigenvalue weighted by atomic mass is 10.00. The van der Waals surface area contributed by atoms with Crippen LogP contribution in [0.1, 0.15) is 30.9 Å². The van der Waals surface area contributed by atoms with Crippen molar-refractivity contribution < 1.29 is 4.74 Å². The molecule has 27 heavy (non-hydrogen) atoms. The minimum Gasteiger partial charge on any atom is -0.473 e. The number of ether oxygens (including phenoxy) is 1. The van der Waals surface area contributed by atoms with Crippen LogP contribution in [0, 0.1) is 5.92 Å². The van der Waals surface area contributed by atoms with Crippen molar-refractivity contribution in [3.05, 3.63) is 59.8 Å². The number of likely N-dealkylation sites (tertiary alicyclic amines) is 1. The van der Waals surface area contributed by atoms with Crippen molar-refractivity contribution in [3.8, 4) is 5.88 Å². The highest BCUT2D eigenvalue weighted by Gasteiger charge is 2.18. The Morgan fingerprint density at radius 2 is 1.93 bits per heavy atom. The fourth-order valence-electron chi connectivity index (χ4n) is 3.10. The zero-order valence-corrected chi connectivity index (χ0v) is 18.4. The fourth-order valence-corrected chi connectivity index (χ4v) is 3.10. The van der Waals surface area contributed by atoms with E-state index in [1.165, 1.54) is 12.8 Å². The number of nitrogens with one attached hydrogen (secondary N) is 1. The topological polar surface area (TPSA) is 49.8 Å². The summed E-state index contributed by atoms with van der Waals surface area (Å²) in [5.41, 5.74) is 2.27. The maximum Gasteiger partial charge on any atom is 0.213 e. The quantitative estimate of drug-likeness (QED) is 0.398. The van der Waals surface area contributed by atoms with Gasteiger partial charge < -0.3 is 15.0 Å². The molecule has 146 valence electrons. The van der Waals surface area contributed by atoms with Gasteiger partial charge in [-0.15, -0.1) is 24.0 Å². The highest BCUT2D eigenvalue weighted by atomic mass is 127. The Bertz CT molecular complexity index is 715. The van der Waals surface area contributed by atoms with Gasteiger partial charge in [-0.2, -0.15) is 0 Å². The van der Waals surface area contributed by atoms with Gasteiger partial charge in [-0.25, -0.2) is 4.98 Å². The maximum absolute atomic E-state index is 5.81. The van der Waals surface area contributed by atoms with Crippen LogP contribution in [0.25, 0.3) is 0 Å². The van der Waals surface area contributed by atoms with Gasteiger partial charge in [0.1, 0.15) is 6.61 Å². The molecule has 0 bridgehead atoms. The van der Waals surface area contributed by atoms with Crippen LogP contribution in [-0.2, 0) is 13.2 Å². The number of piperidine rings is 1. The van der Waals surface area contributed by atoms with Crippen LogP contribution in [0.3, 0.4) is 0 Å². The highest BCUT2D eigenvalue weighted by molar-refractivity contribution is 14.0. The van der Waals surface area contributed by atoms with Crippen molar-refractivity contribution in [2.24, 2.45) is 10.9 Å². The second kappa shape index (κ2) is 11.1. The third-order valence-electron chi connectivity index (χ3n) is 4.77. The highest BCUT2D eigenvalue weighted by Crippen LogP contribution is 2.16. The molecule has 0 aliphatic carbocycles. The normalized spacial score (nSPS) is 15.2. The summed E-state index contributed by atoms with van der Waals surface area (Å²) < 4.78 is 5.81. The Kier molecular flexibility index (Phi) is 8.84. The first-order valence-corrected chi connectivity index (χ1v) is 9.32. The molecule has 1 aliphatic rings. The van der Waals surface area contributed by atoms with Crippen molar-refractivity contribution in [1.29, 1.82) is 0 Å². The number of guanidine groups is 1. The molecular formula is C21H29IN4O. The number of pyridine rings is 1. The van der Waals surface area contributed by atoms with E-state index < -0.39 is 0 Å². The van der Waals surface area contributed by atoms with Crippen molar-refractivity contribution in [2.45, 2.75) is 32.9 Å². The van der Waals surface area contributed by atoms with E-state index in [2.05, 4.69) is 39.2 Å². The smallest absolute Gasteiger partial charge is 0.213 e. The Balaban J connectivity index is 0.00000261. The SMILES string of the molecule is CN=C(NCc1ccnc(OCc2ccccc2)c1)N1CCC(C)CC1.I. The van der Waals surface area contributed by atoms with Gasteiger partial charge in [0.15, 0.2) is 5.96 Å². The number of hydrogen-bond donors (Lipinski definition) is 1. The van der Waals surface area contributed by atoms with Crippen LogP contribution >= 0.6 is 24.0 Å². The minimum atomic E-state index is 0. The average Bonchev–Trinajstić information content (AvgIpc) is 2.69. The molecule has 2 aromatic rings. The molecule has 3 rings (SSSR count). The summed E-state index contributed by atoms with van der Waals surface area (Å²) in [6.45, 7) is 5.70. The number of halogens is 1. The van der Waals surface area contributed by atoms with Gasteiger partial charge >= 0.3 is 0 Å². The first kappa shape index (κ1) is 21.5. The van der Waals surface area contributed by atoms with Gasteiger partial charge in [0.05, 0.1) is 0 Å². The molecule has 1 aromatic heterocycles. The lowest BCUT2D eigenvalue weighted by molar-refractivity contribution is 0.273. The summed E-state index contributed by atoms with van der Waals surface area (Å²) >= 11 is 0. The molecule has 1 N–H and O–H groups in total. The number of rotatable bonds is 5. The summed E-state index contributed by atoms with van der Waals surface area (Å²) in [4.78, 5) is 11.1. The predicted octanol–water partition coefficient (Wildman–Crippen LogP) is 4.09. The van der Waals surface area contributed by atoms with Crippen molar-refractivity contribution in [2.75, 3.05) is 20.1 Å². The molecule has 0 atom stereocenters. The van der Waals surface area contributed by atoms with E-state index >= 15 is 0 Å². The van der Waals surface area contributed by atoms with Crippen LogP contribution in [0.2, 0.25) is 0 Å². The number of nitrogens with zero attached hydrogens (tertiary/aromatic N) is 3. The lowest BCUT2D eigenvalue weighted by Gasteiger charge is -2.32. The Hall–Kier alpha value is -1.83. The van der Waals surface area contributed by atoms with Gasteiger partial charge in [0, 0.05) is 38.9 Å². The monoisotopic (exact) mass is 480 g/mol. The van der Waals surface area contributed by atoms with Gasteiger partial charge in [0.25, 0.3) is 0 Å². The summed E-state index contributed by atoms with van der Waals surface area (Å²) in [5, 5.41) is 3.46. The number of benzene rings is 1. The van der Waals surface area contributed by atoms with E-state index in [4.69, 9.17) is 4.74 Å². The third-order valence-corrected chi connectivity index (χ3v) is 4.77. The zero-order chi connectivity index (χ0) is 18.2. The van der Waals surface area contributed by atoms with Gasteiger partial charge in [0.2, 0.25) is 5.88 Å². The van der Waals surface area contributed by atoms with Crippen molar-refractivity contribution >= 4 is 29.9 Å². The number of aromatic nitrogens is 1. The second-order valence-corrected chi connectivity index (χ2v) is 6.85. The standard InChI is InChI=1S/C21H28N4O.HI/c1-17-9-12-25(13-10-17)21(22-2)24-15-19-8-11-23-20(14-19)26-16-18-6-4-3-5-7-18;/h3-8,11,14,17H,9-10,12-13,15-16H2,1-2H3,(H,22,24);1H. The van der Waals surface area contributed by atoms with Gasteiger partial charge in [-0.05, 0) is 36.0 Å². The second-order valence-electron chi connectivity index (χ2n) is 6.85. The van der Waals surface area contributed by atoms with E-state index in [9.17, 15) is 0 Å². The first-order valence-electron chi connectivity index (χ1n) is 9.32. The fraction of sp³-hybridized carbons (Fsp3) is 0.429. The molecular weight excluding hydrogens is 451 g/mol. The Morgan fingerprint density at radius 1 is 1.19 bits per heavy atom. The van der Waals surface area contributed by atoms with E-state index in [0.717, 1.165) is 36.1 Å². The molecule has 0 amide bonds. The summed E-state index contributed by atoms with van der Waals surface area (Å²) in [6, 6.07) is 14.1. The molecule has 0 radical (unpaired) electrons. The van der Waals surface area contributed by atoms with Crippen LogP contribution in [0.4, 0.5) is 0 Å². The minimum absolute atomic E-state index is 0. The van der Waals surface area contributed by atoms with Crippen LogP contribution in [0.15, 0.2) is 53.7 Å². The van der Waals surface area contributed by atoms with E-state index in [1.54, 1.807) is 6.20 Å². The molecule has 5 nitrogen and oxygen atoms in total. The third kappa shape index (κ3) is 6.68. The predicted molar refractivity (Wildman–Crippen MR) is 121 cm³/mol. The Morgan fingerprint density at radius 3 is 2.63 bits per heavy atom. The summed E-state index contributed by atoms with van der Waals surface area (Å²) in [7, 11) is 1.85. The molecule has 0 unspecified atom stereocenters. The van der Waals surface area contributed by atoms with Crippen LogP contribution < -0.4 is 10.1 Å².